The third-order valence-electron chi connectivity index (χ3n) is 3.10. The molecule has 1 heterocycles. The van der Waals surface area contributed by atoms with Crippen molar-refractivity contribution >= 4 is 44.8 Å². The van der Waals surface area contributed by atoms with Gasteiger partial charge in [-0.1, -0.05) is 39.1 Å². The summed E-state index contributed by atoms with van der Waals surface area (Å²) in [7, 11) is 0. The molecule has 2 aromatic rings. The van der Waals surface area contributed by atoms with Gasteiger partial charge >= 0.3 is 0 Å². The van der Waals surface area contributed by atoms with Gasteiger partial charge in [-0.3, -0.25) is 0 Å². The summed E-state index contributed by atoms with van der Waals surface area (Å²) in [5.41, 5.74) is 3.05. The van der Waals surface area contributed by atoms with Crippen LogP contribution in [-0.2, 0) is 6.42 Å². The molecule has 0 aromatic heterocycles. The number of rotatable bonds is 2. The Morgan fingerprint density at radius 2 is 1.85 bits per heavy atom. The van der Waals surface area contributed by atoms with Crippen molar-refractivity contribution in [1.82, 2.24) is 0 Å². The third kappa shape index (κ3) is 2.85. The summed E-state index contributed by atoms with van der Waals surface area (Å²) in [5.74, 6) is 0.778. The van der Waals surface area contributed by atoms with E-state index in [1.807, 2.05) is 36.4 Å². The second-order valence-corrected chi connectivity index (χ2v) is 6.16. The van der Waals surface area contributed by atoms with E-state index in [2.05, 4.69) is 20.9 Å². The number of halogens is 3. The largest absolute Gasteiger partial charge is 0.471 e. The summed E-state index contributed by atoms with van der Waals surface area (Å²) in [6.07, 6.45) is 0.694. The lowest BCUT2D eigenvalue weighted by Gasteiger charge is -2.18. The third-order valence-corrected chi connectivity index (χ3v) is 4.34. The van der Waals surface area contributed by atoms with E-state index < -0.39 is 0 Å². The van der Waals surface area contributed by atoms with E-state index in [1.54, 1.807) is 0 Å². The van der Waals surface area contributed by atoms with Crippen LogP contribution in [0.5, 0.6) is 5.75 Å². The minimum absolute atomic E-state index is 0.320. The fraction of sp³-hybridized carbons (Fsp3) is 0.133. The average Bonchev–Trinajstić information content (AvgIpc) is 2.43. The van der Waals surface area contributed by atoms with Crippen LogP contribution in [-0.4, -0.2) is 12.4 Å². The maximum Gasteiger partial charge on any atom is 0.179 e. The predicted octanol–water partition coefficient (Wildman–Crippen LogP) is 5.14. The summed E-state index contributed by atoms with van der Waals surface area (Å²) in [4.78, 5) is 4.45. The Kier molecular flexibility index (Phi) is 4.01. The topological polar surface area (TPSA) is 21.6 Å². The van der Waals surface area contributed by atoms with Gasteiger partial charge in [0.05, 0.1) is 5.71 Å². The molecule has 0 saturated carbocycles. The van der Waals surface area contributed by atoms with Gasteiger partial charge in [-0.2, -0.15) is 0 Å². The summed E-state index contributed by atoms with van der Waals surface area (Å²) in [6.45, 7) is 0.320. The maximum absolute atomic E-state index is 6.05. The Bertz CT molecular complexity index is 700. The molecule has 2 nitrogen and oxygen atoms in total. The first-order valence-electron chi connectivity index (χ1n) is 6.03. The van der Waals surface area contributed by atoms with Crippen molar-refractivity contribution in [2.24, 2.45) is 4.99 Å². The van der Waals surface area contributed by atoms with E-state index in [9.17, 15) is 0 Å². The maximum atomic E-state index is 6.05. The molecular weight excluding hydrogens is 361 g/mol. The zero-order chi connectivity index (χ0) is 14.1. The average molecular weight is 371 g/mol. The van der Waals surface area contributed by atoms with Crippen LogP contribution >= 0.6 is 39.1 Å². The molecule has 102 valence electrons. The van der Waals surface area contributed by atoms with Crippen molar-refractivity contribution < 1.29 is 4.74 Å². The molecule has 0 amide bonds. The fourth-order valence-corrected chi connectivity index (χ4v) is 2.87. The molecule has 0 bridgehead atoms. The monoisotopic (exact) mass is 369 g/mol. The minimum atomic E-state index is 0.320. The Labute approximate surface area is 135 Å². The van der Waals surface area contributed by atoms with Gasteiger partial charge in [-0.15, -0.1) is 0 Å². The smallest absolute Gasteiger partial charge is 0.179 e. The van der Waals surface area contributed by atoms with Crippen molar-refractivity contribution in [2.75, 3.05) is 6.73 Å². The van der Waals surface area contributed by atoms with Crippen LogP contribution in [0.4, 0.5) is 0 Å². The van der Waals surface area contributed by atoms with Crippen LogP contribution in [0.25, 0.3) is 0 Å². The predicted molar refractivity (Wildman–Crippen MR) is 86.3 cm³/mol. The molecule has 3 rings (SSSR count). The van der Waals surface area contributed by atoms with Crippen LogP contribution in [0.1, 0.15) is 11.1 Å². The van der Waals surface area contributed by atoms with Crippen LogP contribution in [0, 0.1) is 0 Å². The molecule has 0 radical (unpaired) electrons. The number of hydrogen-bond acceptors (Lipinski definition) is 2. The molecule has 5 heteroatoms. The van der Waals surface area contributed by atoms with Crippen molar-refractivity contribution in [2.45, 2.75) is 6.42 Å². The lowest BCUT2D eigenvalue weighted by molar-refractivity contribution is 0.324. The standard InChI is InChI=1S/C15H10BrCl2NO/c16-13-4-2-10(17)5-9(13)6-14-12-3-1-11(18)7-15(12)20-8-19-14/h1-5,7H,6,8H2. The SMILES string of the molecule is Clc1ccc(Br)c(CC2=NCOc3cc(Cl)ccc32)c1. The Morgan fingerprint density at radius 3 is 2.70 bits per heavy atom. The zero-order valence-electron chi connectivity index (χ0n) is 10.4. The summed E-state index contributed by atoms with van der Waals surface area (Å²) >= 11 is 15.6. The molecule has 20 heavy (non-hydrogen) atoms. The van der Waals surface area contributed by atoms with E-state index in [0.29, 0.717) is 23.2 Å². The van der Waals surface area contributed by atoms with Gasteiger partial charge in [-0.25, -0.2) is 4.99 Å². The highest BCUT2D eigenvalue weighted by Crippen LogP contribution is 2.29. The van der Waals surface area contributed by atoms with Gasteiger partial charge in [0.2, 0.25) is 0 Å². The lowest BCUT2D eigenvalue weighted by atomic mass is 10.0. The molecule has 0 unspecified atom stereocenters. The number of nitrogens with zero attached hydrogens (tertiary/aromatic N) is 1. The fourth-order valence-electron chi connectivity index (χ4n) is 2.13. The summed E-state index contributed by atoms with van der Waals surface area (Å²) < 4.78 is 6.54. The molecule has 0 fully saturated rings. The second-order valence-electron chi connectivity index (χ2n) is 4.43. The van der Waals surface area contributed by atoms with Crippen molar-refractivity contribution in [1.29, 1.82) is 0 Å². The second kappa shape index (κ2) is 5.76. The number of aliphatic imine (C=N–C) groups is 1. The van der Waals surface area contributed by atoms with Crippen LogP contribution in [0.2, 0.25) is 10.0 Å². The molecule has 0 N–H and O–H groups in total. The summed E-state index contributed by atoms with van der Waals surface area (Å²) in [5, 5.41) is 1.38. The summed E-state index contributed by atoms with van der Waals surface area (Å²) in [6, 6.07) is 11.3. The van der Waals surface area contributed by atoms with Gasteiger partial charge in [0, 0.05) is 26.5 Å². The highest BCUT2D eigenvalue weighted by Gasteiger charge is 2.17. The van der Waals surface area contributed by atoms with E-state index in [1.165, 1.54) is 0 Å². The van der Waals surface area contributed by atoms with Crippen LogP contribution in [0.15, 0.2) is 45.9 Å². The number of ether oxygens (including phenoxy) is 1. The normalized spacial score (nSPS) is 13.4. The molecule has 0 atom stereocenters. The van der Waals surface area contributed by atoms with Crippen LogP contribution < -0.4 is 4.74 Å². The van der Waals surface area contributed by atoms with Gasteiger partial charge in [0.25, 0.3) is 0 Å². The Hall–Kier alpha value is -1.03. The first kappa shape index (κ1) is 13.9. The molecule has 2 aromatic carbocycles. The number of fused-ring (bicyclic) bond motifs is 1. The Balaban J connectivity index is 1.96. The highest BCUT2D eigenvalue weighted by atomic mass is 79.9. The number of hydrogen-bond donors (Lipinski definition) is 0. The molecule has 0 spiro atoms. The first-order chi connectivity index (χ1) is 9.63. The van der Waals surface area contributed by atoms with Gasteiger partial charge in [-0.05, 0) is 42.0 Å². The first-order valence-corrected chi connectivity index (χ1v) is 7.58. The molecule has 0 aliphatic carbocycles. The molecular formula is C15H10BrCl2NO. The number of benzene rings is 2. The van der Waals surface area contributed by atoms with Crippen molar-refractivity contribution in [3.8, 4) is 5.75 Å². The van der Waals surface area contributed by atoms with E-state index in [4.69, 9.17) is 27.9 Å². The molecule has 1 aliphatic heterocycles. The quantitative estimate of drug-likeness (QED) is 0.717. The molecule has 1 aliphatic rings. The van der Waals surface area contributed by atoms with Gasteiger partial charge in [0.1, 0.15) is 5.75 Å². The zero-order valence-corrected chi connectivity index (χ0v) is 13.5. The van der Waals surface area contributed by atoms with E-state index in [0.717, 1.165) is 27.1 Å². The van der Waals surface area contributed by atoms with E-state index >= 15 is 0 Å². The van der Waals surface area contributed by atoms with Gasteiger partial charge < -0.3 is 4.74 Å². The minimum Gasteiger partial charge on any atom is -0.471 e. The van der Waals surface area contributed by atoms with Gasteiger partial charge in [0.15, 0.2) is 6.73 Å². The van der Waals surface area contributed by atoms with E-state index in [-0.39, 0.29) is 0 Å². The van der Waals surface area contributed by atoms with Crippen molar-refractivity contribution in [3.63, 3.8) is 0 Å². The lowest BCUT2D eigenvalue weighted by Crippen LogP contribution is -2.15. The Morgan fingerprint density at radius 1 is 1.10 bits per heavy atom. The van der Waals surface area contributed by atoms with Crippen molar-refractivity contribution in [3.05, 3.63) is 62.0 Å². The molecule has 0 saturated heterocycles. The highest BCUT2D eigenvalue weighted by molar-refractivity contribution is 9.10. The van der Waals surface area contributed by atoms with Crippen LogP contribution in [0.3, 0.4) is 0 Å².